The maximum Gasteiger partial charge on any atom is 0.0203 e. The molecule has 1 rings (SSSR count). The molecule has 16 heavy (non-hydrogen) atoms. The van der Waals surface area contributed by atoms with Gasteiger partial charge in [0.2, 0.25) is 0 Å². The van der Waals surface area contributed by atoms with E-state index in [0.717, 1.165) is 11.2 Å². The van der Waals surface area contributed by atoms with Crippen molar-refractivity contribution in [2.24, 2.45) is 11.3 Å². The van der Waals surface area contributed by atoms with Crippen molar-refractivity contribution >= 4 is 11.8 Å². The molecule has 0 radical (unpaired) electrons. The van der Waals surface area contributed by atoms with Crippen LogP contribution in [0.1, 0.15) is 53.4 Å². The second kappa shape index (κ2) is 6.30. The van der Waals surface area contributed by atoms with E-state index in [-0.39, 0.29) is 0 Å². The molecule has 1 aliphatic rings. The highest BCUT2D eigenvalue weighted by Crippen LogP contribution is 2.33. The Morgan fingerprint density at radius 1 is 1.31 bits per heavy atom. The van der Waals surface area contributed by atoms with Gasteiger partial charge in [-0.3, -0.25) is 0 Å². The van der Waals surface area contributed by atoms with Gasteiger partial charge in [-0.15, -0.1) is 0 Å². The quantitative estimate of drug-likeness (QED) is 0.803. The monoisotopic (exact) mass is 243 g/mol. The number of hydrogen-bond donors (Lipinski definition) is 1. The topological polar surface area (TPSA) is 12.0 Å². The van der Waals surface area contributed by atoms with E-state index in [1.807, 2.05) is 0 Å². The van der Waals surface area contributed by atoms with Crippen molar-refractivity contribution in [3.8, 4) is 0 Å². The van der Waals surface area contributed by atoms with Crippen LogP contribution < -0.4 is 5.32 Å². The second-order valence-electron chi connectivity index (χ2n) is 6.43. The van der Waals surface area contributed by atoms with E-state index in [0.29, 0.717) is 11.5 Å². The van der Waals surface area contributed by atoms with Gasteiger partial charge >= 0.3 is 0 Å². The molecule has 0 heterocycles. The van der Waals surface area contributed by atoms with Crippen LogP contribution in [0, 0.1) is 11.3 Å². The summed E-state index contributed by atoms with van der Waals surface area (Å²) in [5.41, 5.74) is 0.377. The van der Waals surface area contributed by atoms with E-state index >= 15 is 0 Å². The average molecular weight is 243 g/mol. The van der Waals surface area contributed by atoms with E-state index in [4.69, 9.17) is 0 Å². The van der Waals surface area contributed by atoms with Crippen LogP contribution in [-0.4, -0.2) is 24.1 Å². The van der Waals surface area contributed by atoms with Gasteiger partial charge in [0.25, 0.3) is 0 Å². The molecule has 1 fully saturated rings. The first kappa shape index (κ1) is 14.4. The van der Waals surface area contributed by atoms with Crippen molar-refractivity contribution in [2.75, 3.05) is 12.8 Å². The first-order valence-corrected chi connectivity index (χ1v) is 7.77. The lowest BCUT2D eigenvalue weighted by molar-refractivity contribution is 0.304. The summed E-state index contributed by atoms with van der Waals surface area (Å²) >= 11 is 2.20. The highest BCUT2D eigenvalue weighted by Gasteiger charge is 2.25. The third-order valence-corrected chi connectivity index (χ3v) is 5.21. The molecule has 3 unspecified atom stereocenters. The molecule has 2 heteroatoms. The van der Waals surface area contributed by atoms with Crippen molar-refractivity contribution in [3.05, 3.63) is 0 Å². The number of thioether (sulfide) groups is 1. The van der Waals surface area contributed by atoms with Crippen molar-refractivity contribution in [2.45, 2.75) is 64.7 Å². The Morgan fingerprint density at radius 3 is 2.50 bits per heavy atom. The lowest BCUT2D eigenvalue weighted by Gasteiger charge is -2.33. The van der Waals surface area contributed by atoms with Crippen LogP contribution in [0.4, 0.5) is 0 Å². The maximum absolute atomic E-state index is 3.47. The van der Waals surface area contributed by atoms with Gasteiger partial charge in [0.15, 0.2) is 0 Å². The Kier molecular flexibility index (Phi) is 5.66. The minimum absolute atomic E-state index is 0.377. The SMILES string of the molecule is CNC(CSC1CCCC(C)C1)C(C)(C)C. The van der Waals surface area contributed by atoms with Crippen molar-refractivity contribution in [1.82, 2.24) is 5.32 Å². The molecule has 96 valence electrons. The zero-order valence-electron chi connectivity index (χ0n) is 11.7. The molecule has 1 saturated carbocycles. The molecule has 1 nitrogen and oxygen atoms in total. The highest BCUT2D eigenvalue weighted by atomic mass is 32.2. The van der Waals surface area contributed by atoms with Crippen LogP contribution in [0.2, 0.25) is 0 Å². The Labute approximate surface area is 106 Å². The summed E-state index contributed by atoms with van der Waals surface area (Å²) in [5.74, 6) is 2.21. The van der Waals surface area contributed by atoms with Crippen molar-refractivity contribution in [1.29, 1.82) is 0 Å². The van der Waals surface area contributed by atoms with Gasteiger partial charge in [-0.2, -0.15) is 11.8 Å². The first-order chi connectivity index (χ1) is 7.43. The zero-order valence-corrected chi connectivity index (χ0v) is 12.5. The summed E-state index contributed by atoms with van der Waals surface area (Å²) in [5, 5.41) is 4.39. The van der Waals surface area contributed by atoms with E-state index in [1.165, 1.54) is 31.4 Å². The third-order valence-electron chi connectivity index (χ3n) is 3.78. The fourth-order valence-corrected chi connectivity index (χ4v) is 4.46. The van der Waals surface area contributed by atoms with Gasteiger partial charge in [-0.25, -0.2) is 0 Å². The molecular weight excluding hydrogens is 214 g/mol. The summed E-state index contributed by atoms with van der Waals surface area (Å²) in [6.45, 7) is 9.40. The van der Waals surface area contributed by atoms with Crippen LogP contribution in [0.3, 0.4) is 0 Å². The predicted octanol–water partition coefficient (Wildman–Crippen LogP) is 3.93. The number of nitrogens with one attached hydrogen (secondary N) is 1. The minimum atomic E-state index is 0.377. The molecule has 0 spiro atoms. The number of rotatable bonds is 4. The van der Waals surface area contributed by atoms with Gasteiger partial charge < -0.3 is 5.32 Å². The summed E-state index contributed by atoms with van der Waals surface area (Å²) in [4.78, 5) is 0. The van der Waals surface area contributed by atoms with Crippen molar-refractivity contribution in [3.63, 3.8) is 0 Å². The molecule has 0 saturated heterocycles. The second-order valence-corrected chi connectivity index (χ2v) is 7.77. The summed E-state index contributed by atoms with van der Waals surface area (Å²) < 4.78 is 0. The fraction of sp³-hybridized carbons (Fsp3) is 1.00. The normalized spacial score (nSPS) is 29.1. The first-order valence-electron chi connectivity index (χ1n) is 6.72. The molecular formula is C14H29NS. The minimum Gasteiger partial charge on any atom is -0.316 e. The van der Waals surface area contributed by atoms with Gasteiger partial charge in [-0.1, -0.05) is 40.5 Å². The van der Waals surface area contributed by atoms with Crippen LogP contribution in [0.25, 0.3) is 0 Å². The van der Waals surface area contributed by atoms with Crippen LogP contribution in [-0.2, 0) is 0 Å². The van der Waals surface area contributed by atoms with Crippen molar-refractivity contribution < 1.29 is 0 Å². The average Bonchev–Trinajstić information content (AvgIpc) is 2.16. The molecule has 0 bridgehead atoms. The highest BCUT2D eigenvalue weighted by molar-refractivity contribution is 7.99. The molecule has 0 amide bonds. The third kappa shape index (κ3) is 4.67. The Hall–Kier alpha value is 0.310. The summed E-state index contributed by atoms with van der Waals surface area (Å²) in [6.07, 6.45) is 5.77. The van der Waals surface area contributed by atoms with Crippen LogP contribution in [0.5, 0.6) is 0 Å². The lowest BCUT2D eigenvalue weighted by Crippen LogP contribution is -2.40. The predicted molar refractivity (Wildman–Crippen MR) is 76.2 cm³/mol. The maximum atomic E-state index is 3.47. The van der Waals surface area contributed by atoms with Gasteiger partial charge in [0.1, 0.15) is 0 Å². The fourth-order valence-electron chi connectivity index (χ4n) is 2.53. The molecule has 1 N–H and O–H groups in total. The van der Waals surface area contributed by atoms with E-state index in [9.17, 15) is 0 Å². The number of hydrogen-bond acceptors (Lipinski definition) is 2. The van der Waals surface area contributed by atoms with Crippen LogP contribution in [0.15, 0.2) is 0 Å². The van der Waals surface area contributed by atoms with E-state index in [2.05, 4.69) is 51.8 Å². The van der Waals surface area contributed by atoms with Gasteiger partial charge in [0, 0.05) is 17.0 Å². The summed E-state index contributed by atoms with van der Waals surface area (Å²) in [6, 6.07) is 0.634. The Balaban J connectivity index is 2.32. The molecule has 3 atom stereocenters. The lowest BCUT2D eigenvalue weighted by atomic mass is 9.88. The molecule has 0 aliphatic heterocycles. The standard InChI is InChI=1S/C14H29NS/c1-11-7-6-8-12(9-11)16-10-13(15-5)14(2,3)4/h11-13,15H,6-10H2,1-5H3. The zero-order chi connectivity index (χ0) is 12.2. The largest absolute Gasteiger partial charge is 0.316 e. The summed E-state index contributed by atoms with van der Waals surface area (Å²) in [7, 11) is 2.10. The Bertz CT molecular complexity index is 197. The molecule has 0 aromatic rings. The smallest absolute Gasteiger partial charge is 0.0203 e. The Morgan fingerprint density at radius 2 is 2.00 bits per heavy atom. The van der Waals surface area contributed by atoms with E-state index < -0.39 is 0 Å². The molecule has 0 aromatic heterocycles. The van der Waals surface area contributed by atoms with Gasteiger partial charge in [0.05, 0.1) is 0 Å². The van der Waals surface area contributed by atoms with Gasteiger partial charge in [-0.05, 0) is 31.2 Å². The van der Waals surface area contributed by atoms with E-state index in [1.54, 1.807) is 0 Å². The van der Waals surface area contributed by atoms with Crippen LogP contribution >= 0.6 is 11.8 Å². The molecule has 1 aliphatic carbocycles. The molecule has 0 aromatic carbocycles.